The van der Waals surface area contributed by atoms with Gasteiger partial charge in [-0.2, -0.15) is 17.2 Å². The van der Waals surface area contributed by atoms with Crippen molar-refractivity contribution in [2.24, 2.45) is 23.7 Å². The molecule has 0 aromatic heterocycles. The predicted molar refractivity (Wildman–Crippen MR) is 78.9 cm³/mol. The third kappa shape index (κ3) is 3.17. The van der Waals surface area contributed by atoms with Crippen LogP contribution >= 0.6 is 0 Å². The highest BCUT2D eigenvalue weighted by molar-refractivity contribution is 7.86. The fourth-order valence-electron chi connectivity index (χ4n) is 4.89. The molecule has 4 aliphatic rings. The molecule has 0 atom stereocenters. The van der Waals surface area contributed by atoms with Gasteiger partial charge in [-0.25, -0.2) is 4.79 Å². The van der Waals surface area contributed by atoms with Gasteiger partial charge in [0.25, 0.3) is 0 Å². The Balaban J connectivity index is 1.54. The molecule has 4 saturated carbocycles. The van der Waals surface area contributed by atoms with Gasteiger partial charge in [-0.3, -0.25) is 4.55 Å². The molecule has 0 heterocycles. The number of ether oxygens (including phenoxy) is 2. The molecule has 4 rings (SSSR count). The molecule has 0 radical (unpaired) electrons. The zero-order chi connectivity index (χ0) is 17.8. The van der Waals surface area contributed by atoms with Gasteiger partial charge in [0.1, 0.15) is 18.8 Å². The first-order chi connectivity index (χ1) is 11.0. The van der Waals surface area contributed by atoms with Gasteiger partial charge >= 0.3 is 21.3 Å². The van der Waals surface area contributed by atoms with E-state index in [2.05, 4.69) is 4.74 Å². The summed E-state index contributed by atoms with van der Waals surface area (Å²) in [6.45, 7) is -0.452. The van der Waals surface area contributed by atoms with Crippen molar-refractivity contribution in [2.45, 2.75) is 49.9 Å². The summed E-state index contributed by atoms with van der Waals surface area (Å²) >= 11 is 0. The minimum atomic E-state index is -5.56. The number of hydrogen-bond donors (Lipinski definition) is 1. The number of hydrogen-bond acceptors (Lipinski definition) is 5. The number of carbonyl (C=O) groups is 1. The van der Waals surface area contributed by atoms with E-state index in [4.69, 9.17) is 9.29 Å². The molecule has 0 amide bonds. The Bertz CT molecular complexity index is 589. The van der Waals surface area contributed by atoms with E-state index in [-0.39, 0.29) is 11.8 Å². The first-order valence-electron chi connectivity index (χ1n) is 8.15. The summed E-state index contributed by atoms with van der Waals surface area (Å²) in [5.41, 5.74) is -0.598. The quantitative estimate of drug-likeness (QED) is 0.571. The Morgan fingerprint density at radius 3 is 2.12 bits per heavy atom. The summed E-state index contributed by atoms with van der Waals surface area (Å²) < 4.78 is 65.5. The van der Waals surface area contributed by atoms with Gasteiger partial charge in [0.2, 0.25) is 0 Å². The van der Waals surface area contributed by atoms with Crippen LogP contribution in [0.4, 0.5) is 8.78 Å². The normalized spacial score (nSPS) is 38.3. The summed E-state index contributed by atoms with van der Waals surface area (Å²) in [4.78, 5) is 12.0. The summed E-state index contributed by atoms with van der Waals surface area (Å²) in [5, 5.41) is -4.44. The molecule has 1 N–H and O–H groups in total. The molecule has 9 heteroatoms. The molecule has 6 nitrogen and oxygen atoms in total. The maximum Gasteiger partial charge on any atom is 0.392 e. The van der Waals surface area contributed by atoms with Crippen LogP contribution in [0.2, 0.25) is 0 Å². The number of carbonyl (C=O) groups excluding carboxylic acids is 1. The second-order valence-electron chi connectivity index (χ2n) is 7.57. The van der Waals surface area contributed by atoms with Crippen LogP contribution in [0.3, 0.4) is 0 Å². The van der Waals surface area contributed by atoms with Crippen LogP contribution in [0.5, 0.6) is 0 Å². The van der Waals surface area contributed by atoms with Gasteiger partial charge in [-0.15, -0.1) is 0 Å². The highest BCUT2D eigenvalue weighted by Gasteiger charge is 2.57. The molecule has 138 valence electrons. The van der Waals surface area contributed by atoms with E-state index in [1.54, 1.807) is 0 Å². The van der Waals surface area contributed by atoms with Crippen molar-refractivity contribution in [1.82, 2.24) is 0 Å². The molecule has 4 aliphatic carbocycles. The fraction of sp³-hybridized carbons (Fsp3) is 0.933. The van der Waals surface area contributed by atoms with Crippen LogP contribution < -0.4 is 0 Å². The predicted octanol–water partition coefficient (Wildman–Crippen LogP) is 2.24. The Hall–Kier alpha value is -0.800. The number of esters is 1. The van der Waals surface area contributed by atoms with Crippen molar-refractivity contribution in [1.29, 1.82) is 0 Å². The number of rotatable bonds is 6. The first kappa shape index (κ1) is 18.0. The first-order valence-corrected chi connectivity index (χ1v) is 9.59. The smallest absolute Gasteiger partial charge is 0.392 e. The molecule has 0 aliphatic heterocycles. The topological polar surface area (TPSA) is 89.9 Å². The Labute approximate surface area is 139 Å². The van der Waals surface area contributed by atoms with E-state index in [1.165, 1.54) is 6.42 Å². The van der Waals surface area contributed by atoms with Crippen molar-refractivity contribution >= 4 is 16.1 Å². The standard InChI is InChI=1S/C15H22F2O6S/c1-14(11-3-9-2-10(5-11)6-12(14)4-9)23-13(18)7-22-8-15(16,17)24(19,20)21/h9-12H,2-8H2,1H3,(H,19,20,21). The zero-order valence-corrected chi connectivity index (χ0v) is 14.2. The van der Waals surface area contributed by atoms with Crippen LogP contribution in [0, 0.1) is 23.7 Å². The number of halogens is 2. The van der Waals surface area contributed by atoms with E-state index >= 15 is 0 Å². The van der Waals surface area contributed by atoms with Gasteiger partial charge in [0, 0.05) is 0 Å². The molecular weight excluding hydrogens is 346 g/mol. The van der Waals surface area contributed by atoms with Crippen molar-refractivity contribution in [3.05, 3.63) is 0 Å². The Kier molecular flexibility index (Phi) is 4.41. The van der Waals surface area contributed by atoms with Crippen LogP contribution in [0.25, 0.3) is 0 Å². The Morgan fingerprint density at radius 2 is 1.67 bits per heavy atom. The third-order valence-electron chi connectivity index (χ3n) is 5.96. The van der Waals surface area contributed by atoms with Crippen molar-refractivity contribution < 1.29 is 36.0 Å². The van der Waals surface area contributed by atoms with Gasteiger partial charge in [-0.1, -0.05) is 0 Å². The maximum atomic E-state index is 13.0. The maximum absolute atomic E-state index is 13.0. The fourth-order valence-corrected chi connectivity index (χ4v) is 5.12. The summed E-state index contributed by atoms with van der Waals surface area (Å²) in [7, 11) is -5.56. The average Bonchev–Trinajstić information content (AvgIpc) is 2.42. The van der Waals surface area contributed by atoms with Crippen molar-refractivity contribution in [3.8, 4) is 0 Å². The van der Waals surface area contributed by atoms with Gasteiger partial charge < -0.3 is 9.47 Å². The SMILES string of the molecule is CC1(OC(=O)COCC(F)(F)S(=O)(=O)O)C2CC3CC(C2)CC1C3. The highest BCUT2D eigenvalue weighted by Crippen LogP contribution is 2.59. The zero-order valence-electron chi connectivity index (χ0n) is 13.4. The van der Waals surface area contributed by atoms with E-state index in [0.717, 1.165) is 25.7 Å². The lowest BCUT2D eigenvalue weighted by Gasteiger charge is -2.59. The van der Waals surface area contributed by atoms with E-state index < -0.39 is 40.2 Å². The van der Waals surface area contributed by atoms with Crippen LogP contribution in [0.15, 0.2) is 0 Å². The third-order valence-corrected chi connectivity index (χ3v) is 6.83. The van der Waals surface area contributed by atoms with Gasteiger partial charge in [0.15, 0.2) is 0 Å². The minimum Gasteiger partial charge on any atom is -0.457 e. The van der Waals surface area contributed by atoms with Crippen LogP contribution in [-0.4, -0.2) is 43.0 Å². The van der Waals surface area contributed by atoms with E-state index in [0.29, 0.717) is 11.8 Å². The second kappa shape index (κ2) is 5.88. The number of alkyl halides is 2. The largest absolute Gasteiger partial charge is 0.457 e. The van der Waals surface area contributed by atoms with E-state index in [1.807, 2.05) is 6.92 Å². The molecule has 0 aromatic rings. The molecule has 0 saturated heterocycles. The molecule has 0 spiro atoms. The lowest BCUT2D eigenvalue weighted by molar-refractivity contribution is -0.207. The lowest BCUT2D eigenvalue weighted by atomic mass is 9.50. The lowest BCUT2D eigenvalue weighted by Crippen LogP contribution is -2.58. The van der Waals surface area contributed by atoms with Crippen LogP contribution in [0.1, 0.15) is 39.0 Å². The summed E-state index contributed by atoms with van der Waals surface area (Å²) in [6, 6.07) is 0. The van der Waals surface area contributed by atoms with Gasteiger partial charge in [0.05, 0.1) is 0 Å². The molecular formula is C15H22F2O6S. The monoisotopic (exact) mass is 368 g/mol. The average molecular weight is 368 g/mol. The molecule has 4 fully saturated rings. The molecule has 4 bridgehead atoms. The summed E-state index contributed by atoms with van der Waals surface area (Å²) in [6.07, 6.45) is 5.36. The molecule has 24 heavy (non-hydrogen) atoms. The van der Waals surface area contributed by atoms with Crippen molar-refractivity contribution in [2.75, 3.05) is 13.2 Å². The summed E-state index contributed by atoms with van der Waals surface area (Å²) in [5.74, 6) is 1.19. The second-order valence-corrected chi connectivity index (χ2v) is 9.11. The van der Waals surface area contributed by atoms with Gasteiger partial charge in [-0.05, 0) is 62.7 Å². The Morgan fingerprint density at radius 1 is 1.17 bits per heavy atom. The van der Waals surface area contributed by atoms with E-state index in [9.17, 15) is 22.0 Å². The molecule has 0 aromatic carbocycles. The van der Waals surface area contributed by atoms with Crippen LogP contribution in [-0.2, 0) is 24.4 Å². The molecule has 0 unspecified atom stereocenters. The highest BCUT2D eigenvalue weighted by atomic mass is 32.2. The minimum absolute atomic E-state index is 0.289. The van der Waals surface area contributed by atoms with Crippen molar-refractivity contribution in [3.63, 3.8) is 0 Å².